The van der Waals surface area contributed by atoms with Gasteiger partial charge >= 0.3 is 0 Å². The van der Waals surface area contributed by atoms with E-state index in [0.29, 0.717) is 17.4 Å². The van der Waals surface area contributed by atoms with Gasteiger partial charge in [0.1, 0.15) is 5.75 Å². The van der Waals surface area contributed by atoms with Gasteiger partial charge in [-0.25, -0.2) is 15.0 Å². The number of hydrazone groups is 1. The van der Waals surface area contributed by atoms with Crippen LogP contribution in [0, 0.1) is 0 Å². The van der Waals surface area contributed by atoms with Crippen molar-refractivity contribution in [2.45, 2.75) is 43.9 Å². The summed E-state index contributed by atoms with van der Waals surface area (Å²) in [6.45, 7) is 0. The molecule has 0 saturated heterocycles. The molecule has 0 atom stereocenters. The maximum absolute atomic E-state index is 14.6. The Kier molecular flexibility index (Phi) is 6.62. The lowest BCUT2D eigenvalue weighted by molar-refractivity contribution is 0.284. The van der Waals surface area contributed by atoms with Crippen molar-refractivity contribution in [2.24, 2.45) is 5.10 Å². The van der Waals surface area contributed by atoms with Crippen LogP contribution in [0.1, 0.15) is 48.8 Å². The lowest BCUT2D eigenvalue weighted by atomic mass is 9.62. The Morgan fingerprint density at radius 3 is 2.61 bits per heavy atom. The third-order valence-electron chi connectivity index (χ3n) is 7.79. The van der Waals surface area contributed by atoms with Gasteiger partial charge in [0.2, 0.25) is 5.95 Å². The Bertz CT molecular complexity index is 1570. The number of fused-ring (bicyclic) bond motifs is 4. The number of methoxy groups -OCH3 is 1. The Morgan fingerprint density at radius 2 is 1.82 bits per heavy atom. The van der Waals surface area contributed by atoms with Crippen molar-refractivity contribution in [1.82, 2.24) is 9.55 Å². The van der Waals surface area contributed by atoms with Crippen LogP contribution in [0.5, 0.6) is 5.75 Å². The molecule has 0 amide bonds. The van der Waals surface area contributed by atoms with E-state index < -0.39 is 0 Å². The monoisotopic (exact) mass is 568 g/mol. The predicted molar refractivity (Wildman–Crippen MR) is 156 cm³/mol. The second kappa shape index (κ2) is 10.2. The molecule has 1 saturated carbocycles. The molecule has 6 rings (SSSR count). The predicted octanol–water partition coefficient (Wildman–Crippen LogP) is 6.87. The largest absolute Gasteiger partial charge is 0.497 e. The Hall–Kier alpha value is -3.71. The standard InChI is InChI=1S/C31H29BrN4O2/c1-38-25-10-7-9-24(18-25)36-29(37)27-28(34-30(36)35-33-20-21-12-14-23(32)15-13-21)26-11-4-3-8-22(26)19-31(27)16-5-2-6-17-31/h3-4,7-15,18,20H,2,5-6,16-17,19H2,1H3,(H,34,35)/b33-20-. The molecule has 3 aromatic carbocycles. The molecule has 1 N–H and O–H groups in total. The van der Waals surface area contributed by atoms with Gasteiger partial charge in [-0.1, -0.05) is 77.7 Å². The van der Waals surface area contributed by atoms with Crippen LogP contribution in [0.25, 0.3) is 16.9 Å². The minimum Gasteiger partial charge on any atom is -0.497 e. The van der Waals surface area contributed by atoms with Gasteiger partial charge in [-0.15, -0.1) is 0 Å². The zero-order valence-electron chi connectivity index (χ0n) is 21.3. The molecule has 192 valence electrons. The molecule has 7 heteroatoms. The molecule has 0 aliphatic heterocycles. The molecule has 1 heterocycles. The average Bonchev–Trinajstić information content (AvgIpc) is 2.94. The number of rotatable bonds is 5. The number of halogens is 1. The fourth-order valence-corrected chi connectivity index (χ4v) is 6.25. The van der Waals surface area contributed by atoms with E-state index in [2.05, 4.69) is 44.7 Å². The fourth-order valence-electron chi connectivity index (χ4n) is 5.99. The highest BCUT2D eigenvalue weighted by atomic mass is 79.9. The first kappa shape index (κ1) is 24.6. The zero-order chi connectivity index (χ0) is 26.1. The van der Waals surface area contributed by atoms with Gasteiger partial charge in [-0.2, -0.15) is 5.10 Å². The van der Waals surface area contributed by atoms with Crippen molar-refractivity contribution in [2.75, 3.05) is 12.5 Å². The second-order valence-corrected chi connectivity index (χ2v) is 11.0. The van der Waals surface area contributed by atoms with Crippen LogP contribution in [-0.2, 0) is 11.8 Å². The minimum absolute atomic E-state index is 0.0407. The summed E-state index contributed by atoms with van der Waals surface area (Å²) in [6, 6.07) is 23.8. The topological polar surface area (TPSA) is 68.5 Å². The zero-order valence-corrected chi connectivity index (χ0v) is 22.9. The number of nitrogens with one attached hydrogen (secondary N) is 1. The first-order valence-corrected chi connectivity index (χ1v) is 13.8. The van der Waals surface area contributed by atoms with E-state index in [1.165, 1.54) is 12.0 Å². The molecule has 4 aromatic rings. The summed E-state index contributed by atoms with van der Waals surface area (Å²) in [4.78, 5) is 19.7. The second-order valence-electron chi connectivity index (χ2n) is 10.1. The highest BCUT2D eigenvalue weighted by molar-refractivity contribution is 9.10. The van der Waals surface area contributed by atoms with E-state index in [0.717, 1.165) is 59.0 Å². The van der Waals surface area contributed by atoms with Gasteiger partial charge < -0.3 is 4.74 Å². The van der Waals surface area contributed by atoms with Crippen molar-refractivity contribution in [3.63, 3.8) is 0 Å². The Labute approximate surface area is 230 Å². The SMILES string of the molecule is COc1cccc(-n2c(N/N=C\c3ccc(Br)cc3)nc3c(c2=O)C2(CCCCC2)Cc2ccccc2-3)c1. The van der Waals surface area contributed by atoms with Gasteiger partial charge in [0.05, 0.1) is 30.3 Å². The van der Waals surface area contributed by atoms with E-state index in [1.807, 2.05) is 54.6 Å². The quantitative estimate of drug-likeness (QED) is 0.210. The summed E-state index contributed by atoms with van der Waals surface area (Å²) < 4.78 is 8.14. The van der Waals surface area contributed by atoms with E-state index >= 15 is 0 Å². The van der Waals surface area contributed by atoms with Crippen molar-refractivity contribution in [1.29, 1.82) is 0 Å². The number of aromatic nitrogens is 2. The number of hydrogen-bond donors (Lipinski definition) is 1. The van der Waals surface area contributed by atoms with E-state index in [4.69, 9.17) is 9.72 Å². The summed E-state index contributed by atoms with van der Waals surface area (Å²) in [6.07, 6.45) is 8.05. The number of benzene rings is 3. The van der Waals surface area contributed by atoms with Crippen LogP contribution in [0.3, 0.4) is 0 Å². The highest BCUT2D eigenvalue weighted by Crippen LogP contribution is 2.48. The van der Waals surface area contributed by atoms with E-state index in [1.54, 1.807) is 17.9 Å². The van der Waals surface area contributed by atoms with Crippen LogP contribution in [0.15, 0.2) is 87.2 Å². The summed E-state index contributed by atoms with van der Waals surface area (Å²) in [5.41, 5.74) is 8.38. The normalized spacial score (nSPS) is 15.7. The van der Waals surface area contributed by atoms with Crippen LogP contribution in [-0.4, -0.2) is 22.9 Å². The fraction of sp³-hybridized carbons (Fsp3) is 0.258. The maximum Gasteiger partial charge on any atom is 0.263 e. The summed E-state index contributed by atoms with van der Waals surface area (Å²) in [5.74, 6) is 1.05. The molecule has 0 unspecified atom stereocenters. The van der Waals surface area contributed by atoms with Crippen LogP contribution >= 0.6 is 15.9 Å². The number of hydrogen-bond acceptors (Lipinski definition) is 5. The van der Waals surface area contributed by atoms with E-state index in [-0.39, 0.29) is 11.0 Å². The van der Waals surface area contributed by atoms with Crippen molar-refractivity contribution in [3.05, 3.63) is 104 Å². The smallest absolute Gasteiger partial charge is 0.263 e. The third kappa shape index (κ3) is 4.45. The summed E-state index contributed by atoms with van der Waals surface area (Å²) in [5, 5.41) is 4.48. The Morgan fingerprint density at radius 1 is 1.03 bits per heavy atom. The van der Waals surface area contributed by atoms with Crippen LogP contribution in [0.2, 0.25) is 0 Å². The molecule has 1 fully saturated rings. The average molecular weight is 570 g/mol. The van der Waals surface area contributed by atoms with Gasteiger partial charge in [0.15, 0.2) is 0 Å². The number of nitrogens with zero attached hydrogens (tertiary/aromatic N) is 3. The molecule has 38 heavy (non-hydrogen) atoms. The van der Waals surface area contributed by atoms with Crippen molar-refractivity contribution < 1.29 is 4.74 Å². The summed E-state index contributed by atoms with van der Waals surface area (Å²) >= 11 is 3.47. The molecule has 1 aromatic heterocycles. The highest BCUT2D eigenvalue weighted by Gasteiger charge is 2.43. The van der Waals surface area contributed by atoms with Gasteiger partial charge in [-0.05, 0) is 54.7 Å². The maximum atomic E-state index is 14.6. The molecular weight excluding hydrogens is 540 g/mol. The van der Waals surface area contributed by atoms with Crippen LogP contribution < -0.4 is 15.7 Å². The first-order chi connectivity index (χ1) is 18.6. The van der Waals surface area contributed by atoms with Crippen LogP contribution in [0.4, 0.5) is 5.95 Å². The first-order valence-electron chi connectivity index (χ1n) is 13.0. The van der Waals surface area contributed by atoms with Gasteiger partial charge in [0, 0.05) is 21.5 Å². The lowest BCUT2D eigenvalue weighted by Crippen LogP contribution is -2.42. The van der Waals surface area contributed by atoms with Crippen molar-refractivity contribution in [3.8, 4) is 22.7 Å². The minimum atomic E-state index is -0.203. The molecule has 2 aliphatic rings. The lowest BCUT2D eigenvalue weighted by Gasteiger charge is -2.42. The Balaban J connectivity index is 1.56. The van der Waals surface area contributed by atoms with Gasteiger partial charge in [0.25, 0.3) is 5.56 Å². The van der Waals surface area contributed by atoms with Crippen molar-refractivity contribution >= 4 is 28.1 Å². The number of ether oxygens (including phenoxy) is 1. The molecule has 2 aliphatic carbocycles. The molecular formula is C31H29BrN4O2. The van der Waals surface area contributed by atoms with E-state index in [9.17, 15) is 4.79 Å². The molecule has 6 nitrogen and oxygen atoms in total. The molecule has 0 radical (unpaired) electrons. The van der Waals surface area contributed by atoms with Gasteiger partial charge in [-0.3, -0.25) is 4.79 Å². The summed E-state index contributed by atoms with van der Waals surface area (Å²) in [7, 11) is 1.63. The molecule has 0 bridgehead atoms. The third-order valence-corrected chi connectivity index (χ3v) is 8.31. The number of anilines is 1. The molecule has 1 spiro atoms.